The molecule has 1 fully saturated rings. The third kappa shape index (κ3) is 1.79. The molecule has 0 saturated heterocycles. The highest BCUT2D eigenvalue weighted by molar-refractivity contribution is 5.76. The number of primary amides is 1. The van der Waals surface area contributed by atoms with Crippen molar-refractivity contribution in [2.24, 2.45) is 23.0 Å². The number of hydrogen-bond donors (Lipinski definition) is 1. The molecule has 0 radical (unpaired) electrons. The van der Waals surface area contributed by atoms with Crippen LogP contribution in [-0.4, -0.2) is 5.91 Å². The summed E-state index contributed by atoms with van der Waals surface area (Å²) in [5.41, 5.74) is 5.58. The molecule has 2 heteroatoms. The summed E-state index contributed by atoms with van der Waals surface area (Å²) in [6.07, 6.45) is 3.09. The molecule has 1 amide bonds. The molecule has 0 aliphatic heterocycles. The molecule has 1 rings (SSSR count). The molecule has 12 heavy (non-hydrogen) atoms. The first kappa shape index (κ1) is 9.56. The minimum atomic E-state index is -0.116. The van der Waals surface area contributed by atoms with Gasteiger partial charge in [-0.25, -0.2) is 0 Å². The minimum absolute atomic E-state index is 0.116. The number of carbonyl (C=O) groups is 1. The van der Waals surface area contributed by atoms with E-state index >= 15 is 0 Å². The van der Waals surface area contributed by atoms with Crippen LogP contribution in [0.1, 0.15) is 40.0 Å². The van der Waals surface area contributed by atoms with Crippen LogP contribution in [0.25, 0.3) is 0 Å². The lowest BCUT2D eigenvalue weighted by Gasteiger charge is -2.39. The molecule has 2 unspecified atom stereocenters. The van der Waals surface area contributed by atoms with E-state index in [1.54, 1.807) is 0 Å². The van der Waals surface area contributed by atoms with Gasteiger partial charge < -0.3 is 5.73 Å². The number of rotatable bonds is 1. The first-order valence-corrected chi connectivity index (χ1v) is 4.73. The first-order valence-electron chi connectivity index (χ1n) is 4.73. The fourth-order valence-electron chi connectivity index (χ4n) is 2.02. The Kier molecular flexibility index (Phi) is 2.45. The summed E-state index contributed by atoms with van der Waals surface area (Å²) in [4.78, 5) is 11.0. The summed E-state index contributed by atoms with van der Waals surface area (Å²) in [7, 11) is 0. The Morgan fingerprint density at radius 3 is 2.42 bits per heavy atom. The highest BCUT2D eigenvalue weighted by atomic mass is 16.1. The van der Waals surface area contributed by atoms with Gasteiger partial charge in [-0.3, -0.25) is 4.79 Å². The Balaban J connectivity index is 2.63. The van der Waals surface area contributed by atoms with E-state index in [-0.39, 0.29) is 17.2 Å². The van der Waals surface area contributed by atoms with Crippen LogP contribution in [0.2, 0.25) is 0 Å². The molecule has 1 aliphatic carbocycles. The second-order valence-electron chi connectivity index (χ2n) is 4.77. The fraction of sp³-hybridized carbons (Fsp3) is 0.900. The van der Waals surface area contributed by atoms with Gasteiger partial charge in [0.25, 0.3) is 0 Å². The highest BCUT2D eigenvalue weighted by Gasteiger charge is 2.35. The van der Waals surface area contributed by atoms with Crippen LogP contribution >= 0.6 is 0 Å². The van der Waals surface area contributed by atoms with E-state index in [2.05, 4.69) is 20.8 Å². The van der Waals surface area contributed by atoms with E-state index in [1.165, 1.54) is 0 Å². The third-order valence-corrected chi connectivity index (χ3v) is 3.46. The Morgan fingerprint density at radius 1 is 1.42 bits per heavy atom. The summed E-state index contributed by atoms with van der Waals surface area (Å²) in [5, 5.41) is 0. The Labute approximate surface area is 74.5 Å². The summed E-state index contributed by atoms with van der Waals surface area (Å²) < 4.78 is 0. The topological polar surface area (TPSA) is 43.1 Å². The maximum absolute atomic E-state index is 11.0. The predicted molar refractivity (Wildman–Crippen MR) is 49.5 cm³/mol. The van der Waals surface area contributed by atoms with Gasteiger partial charge in [0, 0.05) is 5.92 Å². The van der Waals surface area contributed by atoms with Crippen molar-refractivity contribution < 1.29 is 4.79 Å². The SMILES string of the molecule is CC1CCC(C(N)=O)CC1(C)C. The van der Waals surface area contributed by atoms with Crippen LogP contribution in [0.3, 0.4) is 0 Å². The molecule has 2 atom stereocenters. The zero-order chi connectivity index (χ0) is 9.35. The monoisotopic (exact) mass is 169 g/mol. The molecule has 0 aromatic heterocycles. The lowest BCUT2D eigenvalue weighted by molar-refractivity contribution is -0.124. The van der Waals surface area contributed by atoms with Gasteiger partial charge in [-0.15, -0.1) is 0 Å². The number of nitrogens with two attached hydrogens (primary N) is 1. The average molecular weight is 169 g/mol. The van der Waals surface area contributed by atoms with Crippen LogP contribution < -0.4 is 5.73 Å². The summed E-state index contributed by atoms with van der Waals surface area (Å²) in [6, 6.07) is 0. The number of hydrogen-bond acceptors (Lipinski definition) is 1. The first-order chi connectivity index (χ1) is 5.43. The summed E-state index contributed by atoms with van der Waals surface area (Å²) in [5.74, 6) is 0.722. The second-order valence-corrected chi connectivity index (χ2v) is 4.77. The van der Waals surface area contributed by atoms with Gasteiger partial charge in [0.05, 0.1) is 0 Å². The van der Waals surface area contributed by atoms with E-state index in [1.807, 2.05) is 0 Å². The normalized spacial score (nSPS) is 34.6. The van der Waals surface area contributed by atoms with Crippen LogP contribution in [0.4, 0.5) is 0 Å². The van der Waals surface area contributed by atoms with Crippen molar-refractivity contribution >= 4 is 5.91 Å². The largest absolute Gasteiger partial charge is 0.369 e. The molecular weight excluding hydrogens is 150 g/mol. The molecule has 0 spiro atoms. The molecule has 2 nitrogen and oxygen atoms in total. The average Bonchev–Trinajstić information content (AvgIpc) is 1.94. The molecule has 0 aromatic carbocycles. The van der Waals surface area contributed by atoms with E-state index in [0.717, 1.165) is 19.3 Å². The summed E-state index contributed by atoms with van der Waals surface area (Å²) in [6.45, 7) is 6.72. The molecule has 1 saturated carbocycles. The van der Waals surface area contributed by atoms with Gasteiger partial charge in [0.1, 0.15) is 0 Å². The standard InChI is InChI=1S/C10H19NO/c1-7-4-5-8(9(11)12)6-10(7,2)3/h7-8H,4-6H2,1-3H3,(H2,11,12). The lowest BCUT2D eigenvalue weighted by atomic mass is 9.66. The lowest BCUT2D eigenvalue weighted by Crippen LogP contribution is -2.36. The smallest absolute Gasteiger partial charge is 0.220 e. The Hall–Kier alpha value is -0.530. The Morgan fingerprint density at radius 2 is 2.00 bits per heavy atom. The van der Waals surface area contributed by atoms with Gasteiger partial charge in [-0.1, -0.05) is 20.8 Å². The van der Waals surface area contributed by atoms with Crippen molar-refractivity contribution in [2.45, 2.75) is 40.0 Å². The van der Waals surface area contributed by atoms with Gasteiger partial charge in [0.15, 0.2) is 0 Å². The van der Waals surface area contributed by atoms with Gasteiger partial charge in [-0.05, 0) is 30.6 Å². The highest BCUT2D eigenvalue weighted by Crippen LogP contribution is 2.42. The molecule has 0 bridgehead atoms. The second kappa shape index (κ2) is 3.08. The molecule has 0 aromatic rings. The van der Waals surface area contributed by atoms with E-state index < -0.39 is 0 Å². The Bertz CT molecular complexity index is 186. The van der Waals surface area contributed by atoms with Gasteiger partial charge in [-0.2, -0.15) is 0 Å². The van der Waals surface area contributed by atoms with Crippen molar-refractivity contribution in [3.63, 3.8) is 0 Å². The maximum Gasteiger partial charge on any atom is 0.220 e. The molecule has 70 valence electrons. The van der Waals surface area contributed by atoms with Crippen molar-refractivity contribution in [1.82, 2.24) is 0 Å². The van der Waals surface area contributed by atoms with E-state index in [4.69, 9.17) is 5.73 Å². The van der Waals surface area contributed by atoms with Crippen molar-refractivity contribution in [1.29, 1.82) is 0 Å². The van der Waals surface area contributed by atoms with Gasteiger partial charge in [0.2, 0.25) is 5.91 Å². The van der Waals surface area contributed by atoms with Crippen molar-refractivity contribution in [2.75, 3.05) is 0 Å². The van der Waals surface area contributed by atoms with E-state index in [9.17, 15) is 4.79 Å². The van der Waals surface area contributed by atoms with Crippen LogP contribution in [-0.2, 0) is 4.79 Å². The van der Waals surface area contributed by atoms with Crippen LogP contribution in [0.15, 0.2) is 0 Å². The minimum Gasteiger partial charge on any atom is -0.369 e. The number of carbonyl (C=O) groups excluding carboxylic acids is 1. The van der Waals surface area contributed by atoms with Crippen molar-refractivity contribution in [3.8, 4) is 0 Å². The van der Waals surface area contributed by atoms with E-state index in [0.29, 0.717) is 5.92 Å². The molecule has 0 heterocycles. The zero-order valence-corrected chi connectivity index (χ0v) is 8.26. The van der Waals surface area contributed by atoms with Crippen molar-refractivity contribution in [3.05, 3.63) is 0 Å². The zero-order valence-electron chi connectivity index (χ0n) is 8.26. The number of amides is 1. The quantitative estimate of drug-likeness (QED) is 0.640. The maximum atomic E-state index is 11.0. The van der Waals surface area contributed by atoms with Gasteiger partial charge >= 0.3 is 0 Å². The molecule has 1 aliphatic rings. The van der Waals surface area contributed by atoms with Crippen LogP contribution in [0.5, 0.6) is 0 Å². The fourth-order valence-corrected chi connectivity index (χ4v) is 2.02. The summed E-state index contributed by atoms with van der Waals surface area (Å²) >= 11 is 0. The third-order valence-electron chi connectivity index (χ3n) is 3.46. The molecular formula is C10H19NO. The van der Waals surface area contributed by atoms with Crippen LogP contribution in [0, 0.1) is 17.3 Å². The predicted octanol–water partition coefficient (Wildman–Crippen LogP) is 1.93. The molecule has 2 N–H and O–H groups in total.